The molecule has 1 amide bonds. The molecule has 1 fully saturated rings. The highest BCUT2D eigenvalue weighted by Crippen LogP contribution is 2.25. The number of carbonyl (C=O) groups is 1. The molecule has 0 atom stereocenters. The van der Waals surface area contributed by atoms with Crippen molar-refractivity contribution in [3.8, 4) is 0 Å². The Balaban J connectivity index is 1.95. The van der Waals surface area contributed by atoms with Crippen molar-refractivity contribution >= 4 is 27.5 Å². The zero-order chi connectivity index (χ0) is 15.2. The first-order chi connectivity index (χ1) is 10.1. The summed E-state index contributed by atoms with van der Waals surface area (Å²) in [4.78, 5) is 14.3. The summed E-state index contributed by atoms with van der Waals surface area (Å²) in [5, 5.41) is 12.1. The molecule has 1 saturated carbocycles. The van der Waals surface area contributed by atoms with Crippen LogP contribution in [-0.2, 0) is 4.79 Å². The summed E-state index contributed by atoms with van der Waals surface area (Å²) < 4.78 is 0.894. The molecule has 1 aromatic carbocycles. The fourth-order valence-corrected chi connectivity index (χ4v) is 3.48. The molecular formula is C16H23BrN2O2. The Morgan fingerprint density at radius 1 is 1.43 bits per heavy atom. The van der Waals surface area contributed by atoms with Crippen LogP contribution in [-0.4, -0.2) is 41.7 Å². The van der Waals surface area contributed by atoms with Gasteiger partial charge in [0.15, 0.2) is 0 Å². The predicted molar refractivity (Wildman–Crippen MR) is 88.4 cm³/mol. The van der Waals surface area contributed by atoms with Crippen LogP contribution >= 0.6 is 15.9 Å². The van der Waals surface area contributed by atoms with Crippen molar-refractivity contribution in [1.82, 2.24) is 4.90 Å². The lowest BCUT2D eigenvalue weighted by Gasteiger charge is -2.27. The minimum absolute atomic E-state index is 0.0279. The molecule has 0 saturated heterocycles. The van der Waals surface area contributed by atoms with Crippen molar-refractivity contribution in [3.63, 3.8) is 0 Å². The average Bonchev–Trinajstić information content (AvgIpc) is 2.95. The number of hydrogen-bond acceptors (Lipinski definition) is 3. The Labute approximate surface area is 134 Å². The Morgan fingerprint density at radius 3 is 2.76 bits per heavy atom. The summed E-state index contributed by atoms with van der Waals surface area (Å²) in [7, 11) is 0. The lowest BCUT2D eigenvalue weighted by atomic mass is 10.2. The molecule has 0 aromatic heterocycles. The molecule has 0 aliphatic heterocycles. The van der Waals surface area contributed by atoms with E-state index in [1.165, 1.54) is 12.8 Å². The molecular weight excluding hydrogens is 332 g/mol. The molecule has 1 aliphatic carbocycles. The molecule has 1 aliphatic rings. The third-order valence-corrected chi connectivity index (χ3v) is 4.63. The molecule has 21 heavy (non-hydrogen) atoms. The Hall–Kier alpha value is -0.910. The molecule has 116 valence electrons. The standard InChI is InChI=1S/C16H23BrN2O2/c1-12-6-7-15(14(17)10-12)18-16(21)11-19(8-9-20)13-4-2-3-5-13/h6-7,10,13,20H,2-5,8-9,11H2,1H3,(H,18,21). The van der Waals surface area contributed by atoms with Crippen LogP contribution in [0.3, 0.4) is 0 Å². The van der Waals surface area contributed by atoms with Gasteiger partial charge in [-0.05, 0) is 53.4 Å². The Kier molecular flexibility index (Phi) is 6.21. The summed E-state index contributed by atoms with van der Waals surface area (Å²) in [6.07, 6.45) is 4.69. The van der Waals surface area contributed by atoms with Gasteiger partial charge in [-0.25, -0.2) is 0 Å². The highest BCUT2D eigenvalue weighted by molar-refractivity contribution is 9.10. The molecule has 0 bridgehead atoms. The fourth-order valence-electron chi connectivity index (χ4n) is 2.88. The molecule has 4 nitrogen and oxygen atoms in total. The van der Waals surface area contributed by atoms with E-state index in [9.17, 15) is 9.90 Å². The number of amides is 1. The van der Waals surface area contributed by atoms with E-state index in [0.29, 0.717) is 19.1 Å². The van der Waals surface area contributed by atoms with E-state index in [1.807, 2.05) is 25.1 Å². The van der Waals surface area contributed by atoms with E-state index in [4.69, 9.17) is 0 Å². The lowest BCUT2D eigenvalue weighted by molar-refractivity contribution is -0.118. The van der Waals surface area contributed by atoms with Crippen LogP contribution in [0.5, 0.6) is 0 Å². The minimum atomic E-state index is -0.0279. The molecule has 2 N–H and O–H groups in total. The predicted octanol–water partition coefficient (Wildman–Crippen LogP) is 2.93. The zero-order valence-electron chi connectivity index (χ0n) is 12.4. The number of aliphatic hydroxyl groups excluding tert-OH is 1. The summed E-state index contributed by atoms with van der Waals surface area (Å²) in [5.41, 5.74) is 1.94. The number of nitrogens with zero attached hydrogens (tertiary/aromatic N) is 1. The van der Waals surface area contributed by atoms with Gasteiger partial charge in [0.1, 0.15) is 0 Å². The SMILES string of the molecule is Cc1ccc(NC(=O)CN(CCO)C2CCCC2)c(Br)c1. The van der Waals surface area contributed by atoms with Gasteiger partial charge in [0, 0.05) is 17.1 Å². The summed E-state index contributed by atoms with van der Waals surface area (Å²) in [6, 6.07) is 6.30. The second-order valence-corrected chi connectivity index (χ2v) is 6.52. The van der Waals surface area contributed by atoms with Crippen LogP contribution in [0.2, 0.25) is 0 Å². The highest BCUT2D eigenvalue weighted by atomic mass is 79.9. The van der Waals surface area contributed by atoms with Gasteiger partial charge in [0.25, 0.3) is 0 Å². The van der Waals surface area contributed by atoms with Gasteiger partial charge in [-0.2, -0.15) is 0 Å². The van der Waals surface area contributed by atoms with Crippen molar-refractivity contribution < 1.29 is 9.90 Å². The number of hydrogen-bond donors (Lipinski definition) is 2. The number of halogens is 1. The van der Waals surface area contributed by atoms with Crippen molar-refractivity contribution in [2.45, 2.75) is 38.6 Å². The quantitative estimate of drug-likeness (QED) is 0.825. The van der Waals surface area contributed by atoms with Crippen LogP contribution in [0.15, 0.2) is 22.7 Å². The van der Waals surface area contributed by atoms with Crippen LogP contribution in [0.1, 0.15) is 31.2 Å². The molecule has 0 heterocycles. The van der Waals surface area contributed by atoms with Gasteiger partial charge < -0.3 is 10.4 Å². The molecule has 0 unspecified atom stereocenters. The summed E-state index contributed by atoms with van der Waals surface area (Å²) >= 11 is 3.47. The monoisotopic (exact) mass is 354 g/mol. The number of anilines is 1. The van der Waals surface area contributed by atoms with Crippen molar-refractivity contribution in [2.24, 2.45) is 0 Å². The number of benzene rings is 1. The third kappa shape index (κ3) is 4.80. The van der Waals surface area contributed by atoms with Gasteiger partial charge >= 0.3 is 0 Å². The summed E-state index contributed by atoms with van der Waals surface area (Å²) in [5.74, 6) is -0.0279. The topological polar surface area (TPSA) is 52.6 Å². The molecule has 5 heteroatoms. The zero-order valence-corrected chi connectivity index (χ0v) is 14.0. The maximum atomic E-state index is 12.2. The Bertz CT molecular complexity index is 487. The first kappa shape index (κ1) is 16.5. The minimum Gasteiger partial charge on any atom is -0.395 e. The lowest BCUT2D eigenvalue weighted by Crippen LogP contribution is -2.41. The first-order valence-corrected chi connectivity index (χ1v) is 8.30. The van der Waals surface area contributed by atoms with Gasteiger partial charge in [-0.1, -0.05) is 18.9 Å². The largest absolute Gasteiger partial charge is 0.395 e. The van der Waals surface area contributed by atoms with Crippen LogP contribution in [0.25, 0.3) is 0 Å². The number of carbonyl (C=O) groups excluding carboxylic acids is 1. The second kappa shape index (κ2) is 7.92. The van der Waals surface area contributed by atoms with Crippen LogP contribution in [0.4, 0.5) is 5.69 Å². The Morgan fingerprint density at radius 2 is 2.14 bits per heavy atom. The molecule has 0 radical (unpaired) electrons. The van der Waals surface area contributed by atoms with Gasteiger partial charge in [-0.15, -0.1) is 0 Å². The molecule has 2 rings (SSSR count). The van der Waals surface area contributed by atoms with E-state index >= 15 is 0 Å². The van der Waals surface area contributed by atoms with Gasteiger partial charge in [0.05, 0.1) is 18.8 Å². The van der Waals surface area contributed by atoms with Gasteiger partial charge in [0.2, 0.25) is 5.91 Å². The number of aliphatic hydroxyl groups is 1. The molecule has 1 aromatic rings. The highest BCUT2D eigenvalue weighted by Gasteiger charge is 2.24. The van der Waals surface area contributed by atoms with E-state index < -0.39 is 0 Å². The van der Waals surface area contributed by atoms with E-state index in [-0.39, 0.29) is 12.5 Å². The van der Waals surface area contributed by atoms with Crippen molar-refractivity contribution in [1.29, 1.82) is 0 Å². The normalized spacial score (nSPS) is 15.6. The second-order valence-electron chi connectivity index (χ2n) is 5.66. The first-order valence-electron chi connectivity index (χ1n) is 7.51. The number of aryl methyl sites for hydroxylation is 1. The average molecular weight is 355 g/mol. The van der Waals surface area contributed by atoms with Crippen LogP contribution in [0, 0.1) is 6.92 Å². The van der Waals surface area contributed by atoms with Crippen molar-refractivity contribution in [2.75, 3.05) is 25.0 Å². The molecule has 0 spiro atoms. The van der Waals surface area contributed by atoms with E-state index in [0.717, 1.165) is 28.6 Å². The third-order valence-electron chi connectivity index (χ3n) is 3.97. The smallest absolute Gasteiger partial charge is 0.238 e. The number of rotatable bonds is 6. The van der Waals surface area contributed by atoms with Crippen molar-refractivity contribution in [3.05, 3.63) is 28.2 Å². The van der Waals surface area contributed by atoms with E-state index in [1.54, 1.807) is 0 Å². The van der Waals surface area contributed by atoms with E-state index in [2.05, 4.69) is 26.1 Å². The maximum Gasteiger partial charge on any atom is 0.238 e. The number of nitrogens with one attached hydrogen (secondary N) is 1. The van der Waals surface area contributed by atoms with Gasteiger partial charge in [-0.3, -0.25) is 9.69 Å². The fraction of sp³-hybridized carbons (Fsp3) is 0.562. The maximum absolute atomic E-state index is 12.2. The van der Waals surface area contributed by atoms with Crippen LogP contribution < -0.4 is 5.32 Å². The summed E-state index contributed by atoms with van der Waals surface area (Å²) in [6.45, 7) is 3.01.